The Bertz CT molecular complexity index is 1480. The molecule has 0 radical (unpaired) electrons. The molecule has 0 amide bonds. The first-order valence-corrected chi connectivity index (χ1v) is 11.5. The summed E-state index contributed by atoms with van der Waals surface area (Å²) in [5, 5.41) is 1.23. The number of nitrogens with one attached hydrogen (secondary N) is 1. The maximum Gasteiger partial charge on any atom is 0.258 e. The number of fused-ring (bicyclic) bond motifs is 1. The first kappa shape index (κ1) is 21.0. The van der Waals surface area contributed by atoms with E-state index in [9.17, 15) is 4.79 Å². The number of nitrogens with zero attached hydrogens (tertiary/aromatic N) is 3. The molecule has 2 heterocycles. The van der Waals surface area contributed by atoms with E-state index in [1.807, 2.05) is 73.8 Å². The van der Waals surface area contributed by atoms with Gasteiger partial charge in [-0.3, -0.25) is 9.36 Å². The quantitative estimate of drug-likeness (QED) is 0.336. The van der Waals surface area contributed by atoms with Gasteiger partial charge < -0.3 is 9.72 Å². The SMILES string of the molecule is COc1ccccc1-n1c(-c2ccccc2)cnc1SC(C)c1nc2ccccc2c(=O)[nH]1. The molecule has 0 saturated carbocycles. The third-order valence-corrected chi connectivity index (χ3v) is 6.50. The summed E-state index contributed by atoms with van der Waals surface area (Å²) in [6.07, 6.45) is 1.87. The van der Waals surface area contributed by atoms with Crippen molar-refractivity contribution >= 4 is 22.7 Å². The van der Waals surface area contributed by atoms with E-state index in [0.717, 1.165) is 27.9 Å². The zero-order valence-corrected chi connectivity index (χ0v) is 19.0. The molecule has 5 rings (SSSR count). The smallest absolute Gasteiger partial charge is 0.258 e. The number of hydrogen-bond acceptors (Lipinski definition) is 5. The molecule has 1 unspecified atom stereocenters. The van der Waals surface area contributed by atoms with Crippen molar-refractivity contribution in [3.05, 3.63) is 101 Å². The number of methoxy groups -OCH3 is 1. The molecule has 0 aliphatic rings. The number of aromatic amines is 1. The molecule has 164 valence electrons. The van der Waals surface area contributed by atoms with E-state index < -0.39 is 0 Å². The number of imidazole rings is 1. The number of thioether (sulfide) groups is 1. The minimum atomic E-state index is -0.138. The topological polar surface area (TPSA) is 72.8 Å². The first-order chi connectivity index (χ1) is 16.2. The number of ether oxygens (including phenoxy) is 1. The van der Waals surface area contributed by atoms with Crippen LogP contribution in [-0.2, 0) is 0 Å². The highest BCUT2D eigenvalue weighted by atomic mass is 32.2. The number of benzene rings is 3. The van der Waals surface area contributed by atoms with E-state index in [4.69, 9.17) is 14.7 Å². The Balaban J connectivity index is 1.60. The van der Waals surface area contributed by atoms with Gasteiger partial charge in [-0.2, -0.15) is 0 Å². The summed E-state index contributed by atoms with van der Waals surface area (Å²) in [5.74, 6) is 1.36. The second-order valence-corrected chi connectivity index (χ2v) is 8.84. The maximum atomic E-state index is 12.6. The minimum Gasteiger partial charge on any atom is -0.495 e. The van der Waals surface area contributed by atoms with Gasteiger partial charge in [0.2, 0.25) is 0 Å². The fraction of sp³-hybridized carbons (Fsp3) is 0.115. The van der Waals surface area contributed by atoms with Gasteiger partial charge in [0.05, 0.1) is 40.8 Å². The van der Waals surface area contributed by atoms with Crippen molar-refractivity contribution in [1.29, 1.82) is 0 Å². The van der Waals surface area contributed by atoms with Gasteiger partial charge >= 0.3 is 0 Å². The van der Waals surface area contributed by atoms with Crippen LogP contribution in [0.2, 0.25) is 0 Å². The summed E-state index contributed by atoms with van der Waals surface area (Å²) in [6, 6.07) is 25.4. The molecule has 1 N–H and O–H groups in total. The number of aromatic nitrogens is 4. The summed E-state index contributed by atoms with van der Waals surface area (Å²) in [5.41, 5.74) is 3.44. The number of hydrogen-bond donors (Lipinski definition) is 1. The van der Waals surface area contributed by atoms with Crippen LogP contribution in [0.1, 0.15) is 18.0 Å². The van der Waals surface area contributed by atoms with Crippen molar-refractivity contribution in [3.8, 4) is 22.7 Å². The Morgan fingerprint density at radius 3 is 2.52 bits per heavy atom. The van der Waals surface area contributed by atoms with Gasteiger partial charge in [-0.05, 0) is 31.2 Å². The summed E-state index contributed by atoms with van der Waals surface area (Å²) in [4.78, 5) is 25.0. The predicted octanol–water partition coefficient (Wildman–Crippen LogP) is 5.64. The first-order valence-electron chi connectivity index (χ1n) is 10.6. The van der Waals surface area contributed by atoms with Crippen LogP contribution in [0, 0.1) is 0 Å². The summed E-state index contributed by atoms with van der Waals surface area (Å²) in [6.45, 7) is 2.02. The van der Waals surface area contributed by atoms with E-state index in [-0.39, 0.29) is 10.8 Å². The molecule has 5 aromatic rings. The Morgan fingerprint density at radius 1 is 0.970 bits per heavy atom. The Kier molecular flexibility index (Phi) is 5.71. The van der Waals surface area contributed by atoms with Crippen molar-refractivity contribution in [2.45, 2.75) is 17.3 Å². The van der Waals surface area contributed by atoms with Gasteiger partial charge in [0.1, 0.15) is 11.6 Å². The number of H-pyrrole nitrogens is 1. The molecule has 3 aromatic carbocycles. The highest BCUT2D eigenvalue weighted by Gasteiger charge is 2.21. The number of rotatable bonds is 6. The number of para-hydroxylation sites is 3. The van der Waals surface area contributed by atoms with Crippen LogP contribution >= 0.6 is 11.8 Å². The van der Waals surface area contributed by atoms with Crippen molar-refractivity contribution < 1.29 is 4.74 Å². The monoisotopic (exact) mass is 454 g/mol. The summed E-state index contributed by atoms with van der Waals surface area (Å²) in [7, 11) is 1.66. The fourth-order valence-corrected chi connectivity index (χ4v) is 4.74. The lowest BCUT2D eigenvalue weighted by molar-refractivity contribution is 0.412. The van der Waals surface area contributed by atoms with Gasteiger partial charge in [-0.15, -0.1) is 0 Å². The third kappa shape index (κ3) is 4.03. The van der Waals surface area contributed by atoms with Crippen LogP contribution < -0.4 is 10.3 Å². The molecule has 0 fully saturated rings. The van der Waals surface area contributed by atoms with E-state index >= 15 is 0 Å². The van der Waals surface area contributed by atoms with Crippen LogP contribution in [0.4, 0.5) is 0 Å². The van der Waals surface area contributed by atoms with Crippen molar-refractivity contribution in [2.75, 3.05) is 7.11 Å². The highest BCUT2D eigenvalue weighted by Crippen LogP contribution is 2.38. The van der Waals surface area contributed by atoms with Crippen molar-refractivity contribution in [1.82, 2.24) is 19.5 Å². The van der Waals surface area contributed by atoms with E-state index in [1.54, 1.807) is 13.2 Å². The molecule has 0 spiro atoms. The van der Waals surface area contributed by atoms with Crippen LogP contribution in [0.5, 0.6) is 5.75 Å². The van der Waals surface area contributed by atoms with Crippen LogP contribution in [0.3, 0.4) is 0 Å². The van der Waals surface area contributed by atoms with E-state index in [2.05, 4.69) is 21.7 Å². The van der Waals surface area contributed by atoms with Gasteiger partial charge in [-0.1, -0.05) is 66.4 Å². The zero-order chi connectivity index (χ0) is 22.8. The molecular weight excluding hydrogens is 432 g/mol. The molecule has 0 bridgehead atoms. The van der Waals surface area contributed by atoms with Crippen LogP contribution in [0.15, 0.2) is 95.0 Å². The molecular formula is C26H22N4O2S. The van der Waals surface area contributed by atoms with Gasteiger partial charge in [0.25, 0.3) is 5.56 Å². The fourth-order valence-electron chi connectivity index (χ4n) is 3.79. The molecule has 0 aliphatic heterocycles. The lowest BCUT2D eigenvalue weighted by Gasteiger charge is -2.17. The molecule has 33 heavy (non-hydrogen) atoms. The van der Waals surface area contributed by atoms with Crippen LogP contribution in [-0.4, -0.2) is 26.6 Å². The standard InChI is InChI=1S/C26H22N4O2S/c1-17(24-28-20-13-7-6-12-19(20)25(31)29-24)33-26-27-16-22(18-10-4-3-5-11-18)30(26)21-14-8-9-15-23(21)32-2/h3-17H,1-2H3,(H,28,29,31). The lowest BCUT2D eigenvalue weighted by Crippen LogP contribution is -2.13. The molecule has 0 saturated heterocycles. The summed E-state index contributed by atoms with van der Waals surface area (Å²) < 4.78 is 7.74. The second kappa shape index (κ2) is 8.96. The van der Waals surface area contributed by atoms with E-state index in [1.165, 1.54) is 11.8 Å². The Hall–Kier alpha value is -3.84. The Morgan fingerprint density at radius 2 is 1.70 bits per heavy atom. The molecule has 2 aromatic heterocycles. The molecule has 6 nitrogen and oxygen atoms in total. The average Bonchev–Trinajstić information content (AvgIpc) is 3.27. The lowest BCUT2D eigenvalue weighted by atomic mass is 10.1. The van der Waals surface area contributed by atoms with Gasteiger partial charge in [0.15, 0.2) is 5.16 Å². The normalized spacial score (nSPS) is 12.1. The maximum absolute atomic E-state index is 12.6. The molecule has 0 aliphatic carbocycles. The van der Waals surface area contributed by atoms with Crippen molar-refractivity contribution in [2.24, 2.45) is 0 Å². The minimum absolute atomic E-state index is 0.137. The van der Waals surface area contributed by atoms with Gasteiger partial charge in [0, 0.05) is 5.56 Å². The zero-order valence-electron chi connectivity index (χ0n) is 18.2. The highest BCUT2D eigenvalue weighted by molar-refractivity contribution is 7.99. The molecule has 1 atom stereocenters. The largest absolute Gasteiger partial charge is 0.495 e. The third-order valence-electron chi connectivity index (χ3n) is 5.42. The average molecular weight is 455 g/mol. The Labute approximate surface area is 195 Å². The second-order valence-electron chi connectivity index (χ2n) is 7.53. The van der Waals surface area contributed by atoms with Crippen molar-refractivity contribution in [3.63, 3.8) is 0 Å². The van der Waals surface area contributed by atoms with Crippen LogP contribution in [0.25, 0.3) is 27.8 Å². The summed E-state index contributed by atoms with van der Waals surface area (Å²) >= 11 is 1.53. The molecule has 7 heteroatoms. The van der Waals surface area contributed by atoms with Gasteiger partial charge in [-0.25, -0.2) is 9.97 Å². The predicted molar refractivity (Wildman–Crippen MR) is 132 cm³/mol. The van der Waals surface area contributed by atoms with E-state index in [0.29, 0.717) is 16.7 Å².